The fourth-order valence-corrected chi connectivity index (χ4v) is 5.08. The Morgan fingerprint density at radius 2 is 1.93 bits per heavy atom. The number of hydrogen-bond donors (Lipinski definition) is 0. The van der Waals surface area contributed by atoms with Gasteiger partial charge in [-0.05, 0) is 55.5 Å². The minimum absolute atomic E-state index is 0.0179. The van der Waals surface area contributed by atoms with E-state index in [9.17, 15) is 14.4 Å². The molecule has 3 heterocycles. The van der Waals surface area contributed by atoms with Crippen LogP contribution in [0.25, 0.3) is 11.0 Å². The molecule has 1 amide bonds. The van der Waals surface area contributed by atoms with Crippen LogP contribution in [-0.4, -0.2) is 54.0 Å². The Morgan fingerprint density at radius 1 is 1.20 bits per heavy atom. The maximum absolute atomic E-state index is 13.0. The van der Waals surface area contributed by atoms with Crippen LogP contribution in [0.3, 0.4) is 0 Å². The fraction of sp³-hybridized carbons (Fsp3) is 0.522. The number of carbonyl (C=O) groups is 2. The van der Waals surface area contributed by atoms with E-state index in [4.69, 9.17) is 9.15 Å². The predicted molar refractivity (Wildman–Crippen MR) is 112 cm³/mol. The second-order valence-corrected chi connectivity index (χ2v) is 8.49. The lowest BCUT2D eigenvalue weighted by molar-refractivity contribution is -0.147. The molecule has 0 N–H and O–H groups in total. The summed E-state index contributed by atoms with van der Waals surface area (Å²) in [5.74, 6) is -0.485. The number of esters is 1. The Hall–Kier alpha value is -2.67. The number of ether oxygens (including phenoxy) is 1. The molecule has 0 spiro atoms. The Labute approximate surface area is 175 Å². The summed E-state index contributed by atoms with van der Waals surface area (Å²) < 4.78 is 10.4. The van der Waals surface area contributed by atoms with Gasteiger partial charge in [0.05, 0.1) is 19.6 Å². The molecule has 2 fully saturated rings. The molecule has 0 saturated carbocycles. The average Bonchev–Trinajstić information content (AvgIpc) is 3.08. The highest BCUT2D eigenvalue weighted by molar-refractivity contribution is 5.84. The summed E-state index contributed by atoms with van der Waals surface area (Å²) in [5, 5.41) is 0.901. The molecular formula is C23H28N2O5. The lowest BCUT2D eigenvalue weighted by Gasteiger charge is -2.39. The minimum Gasteiger partial charge on any atom is -0.469 e. The number of benzene rings is 1. The van der Waals surface area contributed by atoms with Gasteiger partial charge in [-0.2, -0.15) is 0 Å². The van der Waals surface area contributed by atoms with Crippen LogP contribution in [0.2, 0.25) is 0 Å². The molecule has 1 aromatic carbocycles. The number of hydrogen-bond acceptors (Lipinski definition) is 6. The van der Waals surface area contributed by atoms with Gasteiger partial charge in [0, 0.05) is 36.6 Å². The summed E-state index contributed by atoms with van der Waals surface area (Å²) in [5.41, 5.74) is 3.24. The van der Waals surface area contributed by atoms with Gasteiger partial charge in [-0.25, -0.2) is 4.79 Å². The van der Waals surface area contributed by atoms with Crippen molar-refractivity contribution in [3.05, 3.63) is 45.3 Å². The van der Waals surface area contributed by atoms with E-state index < -0.39 is 0 Å². The Kier molecular flexibility index (Phi) is 5.40. The summed E-state index contributed by atoms with van der Waals surface area (Å²) in [6, 6.07) is 5.33. The third kappa shape index (κ3) is 3.51. The van der Waals surface area contributed by atoms with Crippen LogP contribution in [0.15, 0.2) is 27.4 Å². The highest BCUT2D eigenvalue weighted by atomic mass is 16.5. The van der Waals surface area contributed by atoms with Crippen LogP contribution in [0.1, 0.15) is 36.5 Å². The van der Waals surface area contributed by atoms with E-state index in [2.05, 4.69) is 4.90 Å². The van der Waals surface area contributed by atoms with Gasteiger partial charge >= 0.3 is 11.6 Å². The van der Waals surface area contributed by atoms with Crippen LogP contribution in [-0.2, 0) is 20.9 Å². The molecule has 3 atom stereocenters. The van der Waals surface area contributed by atoms with Crippen LogP contribution in [0, 0.1) is 19.8 Å². The van der Waals surface area contributed by atoms with Crippen molar-refractivity contribution in [2.24, 2.45) is 5.92 Å². The Morgan fingerprint density at radius 3 is 2.63 bits per heavy atom. The van der Waals surface area contributed by atoms with Crippen LogP contribution in [0.5, 0.6) is 0 Å². The van der Waals surface area contributed by atoms with Crippen LogP contribution >= 0.6 is 0 Å². The molecule has 7 nitrogen and oxygen atoms in total. The summed E-state index contributed by atoms with van der Waals surface area (Å²) in [4.78, 5) is 41.3. The van der Waals surface area contributed by atoms with E-state index in [1.807, 2.05) is 37.8 Å². The molecule has 2 aliphatic heterocycles. The van der Waals surface area contributed by atoms with Crippen molar-refractivity contribution in [3.63, 3.8) is 0 Å². The largest absolute Gasteiger partial charge is 0.469 e. The summed E-state index contributed by atoms with van der Waals surface area (Å²) in [6.07, 6.45) is 1.34. The zero-order chi connectivity index (χ0) is 21.6. The number of nitrogens with zero attached hydrogens (tertiary/aromatic N) is 2. The molecular weight excluding hydrogens is 384 g/mol. The van der Waals surface area contributed by atoms with Crippen molar-refractivity contribution in [1.29, 1.82) is 0 Å². The predicted octanol–water partition coefficient (Wildman–Crippen LogP) is 2.39. The van der Waals surface area contributed by atoms with Gasteiger partial charge in [-0.1, -0.05) is 6.92 Å². The molecule has 2 aliphatic rings. The number of amides is 1. The Bertz CT molecular complexity index is 1060. The van der Waals surface area contributed by atoms with Gasteiger partial charge in [-0.15, -0.1) is 0 Å². The lowest BCUT2D eigenvalue weighted by Crippen LogP contribution is -2.55. The molecule has 0 unspecified atom stereocenters. The standard InChI is InChI=1S/C23H28N2O5/c1-5-19-18(23(28)29-4)9-16-11-24(12-21(26)25(16)19)10-15-8-22(27)30-20-7-14(3)13(2)6-17(15)20/h6-8,16,18-19H,5,9-12H2,1-4H3/t16-,18-,19-/m0/s1. The molecule has 7 heteroatoms. The molecule has 0 bridgehead atoms. The van der Waals surface area contributed by atoms with Crippen LogP contribution in [0.4, 0.5) is 0 Å². The first-order chi connectivity index (χ1) is 14.3. The number of carbonyl (C=O) groups excluding carboxylic acids is 2. The van der Waals surface area contributed by atoms with Gasteiger partial charge < -0.3 is 14.1 Å². The van der Waals surface area contributed by atoms with Gasteiger partial charge in [-0.3, -0.25) is 14.5 Å². The summed E-state index contributed by atoms with van der Waals surface area (Å²) in [6.45, 7) is 7.45. The van der Waals surface area contributed by atoms with Gasteiger partial charge in [0.1, 0.15) is 5.58 Å². The van der Waals surface area contributed by atoms with Gasteiger partial charge in [0.25, 0.3) is 0 Å². The number of rotatable bonds is 4. The number of piperazine rings is 1. The molecule has 0 aliphatic carbocycles. The molecule has 2 aromatic rings. The first kappa shape index (κ1) is 20.6. The molecule has 4 rings (SSSR count). The van der Waals surface area contributed by atoms with E-state index in [1.165, 1.54) is 13.2 Å². The zero-order valence-corrected chi connectivity index (χ0v) is 17.9. The van der Waals surface area contributed by atoms with E-state index in [0.29, 0.717) is 25.1 Å². The second-order valence-electron chi connectivity index (χ2n) is 8.49. The molecule has 2 saturated heterocycles. The van der Waals surface area contributed by atoms with Gasteiger partial charge in [0.2, 0.25) is 5.91 Å². The first-order valence-electron chi connectivity index (χ1n) is 10.5. The Balaban J connectivity index is 1.61. The number of aryl methyl sites for hydroxylation is 2. The first-order valence-corrected chi connectivity index (χ1v) is 10.5. The number of fused-ring (bicyclic) bond motifs is 2. The third-order valence-corrected chi connectivity index (χ3v) is 6.62. The normalized spacial score (nSPS) is 24.3. The van der Waals surface area contributed by atoms with E-state index in [-0.39, 0.29) is 42.0 Å². The van der Waals surface area contributed by atoms with Crippen molar-refractivity contribution in [2.75, 3.05) is 20.2 Å². The smallest absolute Gasteiger partial charge is 0.336 e. The quantitative estimate of drug-likeness (QED) is 0.567. The molecule has 0 radical (unpaired) electrons. The monoisotopic (exact) mass is 412 g/mol. The van der Waals surface area contributed by atoms with Crippen molar-refractivity contribution >= 4 is 22.8 Å². The fourth-order valence-electron chi connectivity index (χ4n) is 5.08. The third-order valence-electron chi connectivity index (χ3n) is 6.62. The van der Waals surface area contributed by atoms with Crippen molar-refractivity contribution in [2.45, 2.75) is 52.2 Å². The maximum atomic E-state index is 13.0. The van der Waals surface area contributed by atoms with Crippen molar-refractivity contribution < 1.29 is 18.7 Å². The zero-order valence-electron chi connectivity index (χ0n) is 17.9. The minimum atomic E-state index is -0.386. The second kappa shape index (κ2) is 7.87. The SMILES string of the molecule is CC[C@H]1[C@@H](C(=O)OC)C[C@H]2CN(Cc3cc(=O)oc4cc(C)c(C)cc34)CC(=O)N21. The van der Waals surface area contributed by atoms with E-state index in [0.717, 1.165) is 28.5 Å². The highest BCUT2D eigenvalue weighted by Gasteiger charge is 2.49. The topological polar surface area (TPSA) is 80.1 Å². The van der Waals surface area contributed by atoms with E-state index >= 15 is 0 Å². The number of methoxy groups -OCH3 is 1. The lowest BCUT2D eigenvalue weighted by atomic mass is 9.97. The molecule has 30 heavy (non-hydrogen) atoms. The summed E-state index contributed by atoms with van der Waals surface area (Å²) in [7, 11) is 1.40. The molecule has 1 aromatic heterocycles. The van der Waals surface area contributed by atoms with E-state index in [1.54, 1.807) is 0 Å². The highest BCUT2D eigenvalue weighted by Crippen LogP contribution is 2.36. The summed E-state index contributed by atoms with van der Waals surface area (Å²) >= 11 is 0. The van der Waals surface area contributed by atoms with Gasteiger partial charge in [0.15, 0.2) is 0 Å². The van der Waals surface area contributed by atoms with Crippen LogP contribution < -0.4 is 5.63 Å². The molecule has 160 valence electrons. The average molecular weight is 412 g/mol. The van der Waals surface area contributed by atoms with Crippen molar-refractivity contribution in [3.8, 4) is 0 Å². The maximum Gasteiger partial charge on any atom is 0.336 e. The van der Waals surface area contributed by atoms with Crippen molar-refractivity contribution in [1.82, 2.24) is 9.80 Å².